The molecule has 1 aliphatic rings. The standard InChI is InChI=1S/C19H24N4O8/c1-28-19(27)20-6-9-29-12-3-2-4-13-16(12)21-17-14(31-13)11-23(18(26)22-17)15(5-7-24)30-10-8-25/h2-4,11,15,24-25H,5-10H2,1H3,(H,20,27)(H,21,22,26)/t15-/m1/s1. The molecule has 0 aliphatic carbocycles. The number of alkyl carbamates (subject to hydrolysis) is 1. The van der Waals surface area contributed by atoms with Gasteiger partial charge in [0.15, 0.2) is 17.3 Å². The van der Waals surface area contributed by atoms with Crippen LogP contribution >= 0.6 is 0 Å². The highest BCUT2D eigenvalue weighted by Gasteiger charge is 2.24. The Morgan fingerprint density at radius 2 is 2.13 bits per heavy atom. The highest BCUT2D eigenvalue weighted by Crippen LogP contribution is 2.45. The van der Waals surface area contributed by atoms with Gasteiger partial charge in [-0.05, 0) is 12.1 Å². The Hall–Kier alpha value is -3.35. The predicted octanol–water partition coefficient (Wildman–Crippen LogP) is 0.717. The van der Waals surface area contributed by atoms with Crippen LogP contribution in [0, 0.1) is 0 Å². The van der Waals surface area contributed by atoms with Gasteiger partial charge in [0.1, 0.15) is 24.3 Å². The number of carbonyl (C=O) groups is 1. The molecule has 0 saturated carbocycles. The lowest BCUT2D eigenvalue weighted by molar-refractivity contribution is -0.0309. The van der Waals surface area contributed by atoms with E-state index in [1.165, 1.54) is 17.9 Å². The van der Waals surface area contributed by atoms with Gasteiger partial charge < -0.3 is 39.8 Å². The zero-order chi connectivity index (χ0) is 22.2. The molecule has 1 atom stereocenters. The van der Waals surface area contributed by atoms with Crippen molar-refractivity contribution in [2.75, 3.05) is 45.4 Å². The zero-order valence-electron chi connectivity index (χ0n) is 16.9. The second kappa shape index (κ2) is 10.6. The first-order valence-electron chi connectivity index (χ1n) is 9.56. The molecule has 0 radical (unpaired) electrons. The van der Waals surface area contributed by atoms with E-state index in [4.69, 9.17) is 19.3 Å². The van der Waals surface area contributed by atoms with Crippen LogP contribution in [0.3, 0.4) is 0 Å². The molecule has 1 aromatic carbocycles. The van der Waals surface area contributed by atoms with Gasteiger partial charge in [-0.1, -0.05) is 6.07 Å². The maximum absolute atomic E-state index is 12.5. The second-order valence-corrected chi connectivity index (χ2v) is 6.33. The summed E-state index contributed by atoms with van der Waals surface area (Å²) in [4.78, 5) is 27.6. The van der Waals surface area contributed by atoms with Crippen LogP contribution in [-0.4, -0.2) is 65.9 Å². The Labute approximate surface area is 177 Å². The van der Waals surface area contributed by atoms with Crippen LogP contribution in [0.25, 0.3) is 0 Å². The molecule has 2 heterocycles. The number of hydrogen-bond acceptors (Lipinski definition) is 10. The molecular formula is C19H24N4O8. The van der Waals surface area contributed by atoms with E-state index in [1.54, 1.807) is 18.2 Å². The minimum atomic E-state index is -0.801. The molecule has 0 bridgehead atoms. The summed E-state index contributed by atoms with van der Waals surface area (Å²) in [6.45, 7) is -0.0237. The highest BCUT2D eigenvalue weighted by atomic mass is 16.5. The van der Waals surface area contributed by atoms with Crippen LogP contribution in [0.4, 0.5) is 16.3 Å². The van der Waals surface area contributed by atoms with E-state index < -0.39 is 18.0 Å². The normalized spacial score (nSPS) is 12.6. The third-order valence-corrected chi connectivity index (χ3v) is 4.27. The molecule has 3 rings (SSSR count). The van der Waals surface area contributed by atoms with E-state index in [0.717, 1.165) is 0 Å². The van der Waals surface area contributed by atoms with Gasteiger partial charge in [-0.3, -0.25) is 4.57 Å². The van der Waals surface area contributed by atoms with E-state index >= 15 is 0 Å². The summed E-state index contributed by atoms with van der Waals surface area (Å²) < 4.78 is 22.7. The molecular weight excluding hydrogens is 412 g/mol. The van der Waals surface area contributed by atoms with Gasteiger partial charge in [0.25, 0.3) is 0 Å². The Balaban J connectivity index is 1.78. The lowest BCUT2D eigenvalue weighted by Gasteiger charge is -2.25. The van der Waals surface area contributed by atoms with Crippen LogP contribution in [0.2, 0.25) is 0 Å². The fourth-order valence-electron chi connectivity index (χ4n) is 2.89. The lowest BCUT2D eigenvalue weighted by atomic mass is 10.2. The third-order valence-electron chi connectivity index (χ3n) is 4.27. The number of aliphatic hydroxyl groups excluding tert-OH is 2. The molecule has 168 valence electrons. The molecule has 2 aromatic rings. The first-order chi connectivity index (χ1) is 15.1. The number of aliphatic hydroxyl groups is 2. The number of ether oxygens (including phenoxy) is 4. The van der Waals surface area contributed by atoms with Crippen LogP contribution in [-0.2, 0) is 9.47 Å². The molecule has 1 amide bonds. The van der Waals surface area contributed by atoms with E-state index in [9.17, 15) is 14.7 Å². The van der Waals surface area contributed by atoms with Crippen molar-refractivity contribution in [3.8, 4) is 17.2 Å². The zero-order valence-corrected chi connectivity index (χ0v) is 16.9. The summed E-state index contributed by atoms with van der Waals surface area (Å²) in [6, 6.07) is 5.16. The SMILES string of the molecule is COC(=O)NCCOc1cccc2c1Nc1nc(=O)n([C@@H](CCO)OCCO)cc1O2. The summed E-state index contributed by atoms with van der Waals surface area (Å²) in [7, 11) is 1.27. The average molecular weight is 436 g/mol. The highest BCUT2D eigenvalue weighted by molar-refractivity contribution is 5.77. The average Bonchev–Trinajstić information content (AvgIpc) is 2.77. The minimum Gasteiger partial charge on any atom is -0.489 e. The number of para-hydroxylation sites is 1. The van der Waals surface area contributed by atoms with Gasteiger partial charge in [0, 0.05) is 13.0 Å². The second-order valence-electron chi connectivity index (χ2n) is 6.33. The maximum atomic E-state index is 12.5. The molecule has 12 nitrogen and oxygen atoms in total. The minimum absolute atomic E-state index is 0.00165. The Morgan fingerprint density at radius 3 is 2.87 bits per heavy atom. The van der Waals surface area contributed by atoms with Crippen LogP contribution < -0.4 is 25.8 Å². The van der Waals surface area contributed by atoms with Gasteiger partial charge in [0.05, 0.1) is 33.1 Å². The van der Waals surface area contributed by atoms with Crippen LogP contribution in [0.15, 0.2) is 29.2 Å². The van der Waals surface area contributed by atoms with E-state index in [2.05, 4.69) is 20.4 Å². The number of fused-ring (bicyclic) bond motifs is 2. The van der Waals surface area contributed by atoms with Crippen molar-refractivity contribution >= 4 is 17.6 Å². The number of amides is 1. The summed E-state index contributed by atoms with van der Waals surface area (Å²) in [5, 5.41) is 23.8. The fourth-order valence-corrected chi connectivity index (χ4v) is 2.89. The van der Waals surface area contributed by atoms with Crippen molar-refractivity contribution in [2.45, 2.75) is 12.6 Å². The van der Waals surface area contributed by atoms with Gasteiger partial charge >= 0.3 is 11.8 Å². The van der Waals surface area contributed by atoms with Crippen molar-refractivity contribution < 1.29 is 34.0 Å². The molecule has 1 aliphatic heterocycles. The fraction of sp³-hybridized carbons (Fsp3) is 0.421. The number of nitrogens with zero attached hydrogens (tertiary/aromatic N) is 2. The van der Waals surface area contributed by atoms with Crippen molar-refractivity contribution in [3.05, 3.63) is 34.9 Å². The third kappa shape index (κ3) is 5.42. The van der Waals surface area contributed by atoms with Gasteiger partial charge in [0.2, 0.25) is 0 Å². The van der Waals surface area contributed by atoms with E-state index in [0.29, 0.717) is 17.2 Å². The maximum Gasteiger partial charge on any atom is 0.406 e. The first kappa shape index (κ1) is 22.3. The predicted molar refractivity (Wildman–Crippen MR) is 108 cm³/mol. The van der Waals surface area contributed by atoms with Crippen molar-refractivity contribution in [3.63, 3.8) is 0 Å². The molecule has 0 spiro atoms. The monoisotopic (exact) mass is 436 g/mol. The first-order valence-corrected chi connectivity index (χ1v) is 9.56. The van der Waals surface area contributed by atoms with Crippen molar-refractivity contribution in [1.82, 2.24) is 14.9 Å². The number of anilines is 2. The number of hydrogen-bond donors (Lipinski definition) is 4. The number of nitrogens with one attached hydrogen (secondary N) is 2. The van der Waals surface area contributed by atoms with Crippen LogP contribution in [0.1, 0.15) is 12.6 Å². The molecule has 0 fully saturated rings. The van der Waals surface area contributed by atoms with E-state index in [1.807, 2.05) is 0 Å². The smallest absolute Gasteiger partial charge is 0.406 e. The van der Waals surface area contributed by atoms with Crippen molar-refractivity contribution in [2.24, 2.45) is 0 Å². The Bertz CT molecular complexity index is 964. The molecule has 0 unspecified atom stereocenters. The Morgan fingerprint density at radius 1 is 1.29 bits per heavy atom. The molecule has 31 heavy (non-hydrogen) atoms. The van der Waals surface area contributed by atoms with Crippen molar-refractivity contribution in [1.29, 1.82) is 0 Å². The van der Waals surface area contributed by atoms with Crippen LogP contribution in [0.5, 0.6) is 17.2 Å². The number of aromatic nitrogens is 2. The number of benzene rings is 1. The summed E-state index contributed by atoms with van der Waals surface area (Å²) in [5.74, 6) is 1.38. The quantitative estimate of drug-likeness (QED) is 0.334. The number of methoxy groups -OCH3 is 1. The molecule has 12 heteroatoms. The lowest BCUT2D eigenvalue weighted by Crippen LogP contribution is -2.30. The summed E-state index contributed by atoms with van der Waals surface area (Å²) in [6.07, 6.45) is 0.218. The Kier molecular flexibility index (Phi) is 7.65. The number of carbonyl (C=O) groups excluding carboxylic acids is 1. The molecule has 0 saturated heterocycles. The summed E-state index contributed by atoms with van der Waals surface area (Å²) in [5.41, 5.74) is -0.128. The molecule has 1 aromatic heterocycles. The van der Waals surface area contributed by atoms with Gasteiger partial charge in [-0.15, -0.1) is 0 Å². The topological polar surface area (TPSA) is 153 Å². The van der Waals surface area contributed by atoms with E-state index in [-0.39, 0.29) is 51.0 Å². The molecule has 4 N–H and O–H groups in total. The summed E-state index contributed by atoms with van der Waals surface area (Å²) >= 11 is 0. The van der Waals surface area contributed by atoms with Gasteiger partial charge in [-0.25, -0.2) is 9.59 Å². The number of rotatable bonds is 10. The van der Waals surface area contributed by atoms with Gasteiger partial charge in [-0.2, -0.15) is 4.98 Å². The largest absolute Gasteiger partial charge is 0.489 e.